The molecule has 2 N–H and O–H groups in total. The van der Waals surface area contributed by atoms with Crippen molar-refractivity contribution in [3.8, 4) is 28.5 Å². The van der Waals surface area contributed by atoms with E-state index in [4.69, 9.17) is 10.4 Å². The van der Waals surface area contributed by atoms with Crippen molar-refractivity contribution in [2.45, 2.75) is 30.9 Å². The fourth-order valence-electron chi connectivity index (χ4n) is 2.80. The van der Waals surface area contributed by atoms with Gasteiger partial charge in [-0.05, 0) is 49.7 Å². The Labute approximate surface area is 184 Å². The Hall–Kier alpha value is -3.54. The number of halogens is 3. The van der Waals surface area contributed by atoms with Gasteiger partial charge >= 0.3 is 6.61 Å². The molecule has 32 heavy (non-hydrogen) atoms. The summed E-state index contributed by atoms with van der Waals surface area (Å²) in [7, 11) is 0. The van der Waals surface area contributed by atoms with Crippen molar-refractivity contribution in [2.75, 3.05) is 5.84 Å². The topological polar surface area (TPSA) is 105 Å². The van der Waals surface area contributed by atoms with Crippen LogP contribution in [0.3, 0.4) is 0 Å². The van der Waals surface area contributed by atoms with Crippen molar-refractivity contribution >= 4 is 11.8 Å². The molecule has 12 heteroatoms. The third kappa shape index (κ3) is 4.54. The summed E-state index contributed by atoms with van der Waals surface area (Å²) in [5, 5.41) is 12.1. The van der Waals surface area contributed by atoms with Crippen LogP contribution in [0.1, 0.15) is 23.6 Å². The van der Waals surface area contributed by atoms with E-state index in [1.54, 1.807) is 31.2 Å². The highest BCUT2D eigenvalue weighted by Crippen LogP contribution is 2.34. The van der Waals surface area contributed by atoms with Gasteiger partial charge in [0.1, 0.15) is 11.6 Å². The summed E-state index contributed by atoms with van der Waals surface area (Å²) in [5.41, 5.74) is 1.60. The number of aryl methyl sites for hydroxylation is 1. The predicted molar refractivity (Wildman–Crippen MR) is 111 cm³/mol. The first-order valence-electron chi connectivity index (χ1n) is 9.34. The lowest BCUT2D eigenvalue weighted by Crippen LogP contribution is -2.12. The van der Waals surface area contributed by atoms with Crippen LogP contribution in [0.4, 0.5) is 13.2 Å². The Balaban J connectivity index is 1.49. The third-order valence-corrected chi connectivity index (χ3v) is 5.55. The smallest absolute Gasteiger partial charge is 0.387 e. The van der Waals surface area contributed by atoms with Gasteiger partial charge in [-0.3, -0.25) is 0 Å². The van der Waals surface area contributed by atoms with Gasteiger partial charge in [0.05, 0.1) is 5.25 Å². The second-order valence-electron chi connectivity index (χ2n) is 6.76. The Morgan fingerprint density at radius 2 is 1.81 bits per heavy atom. The molecule has 0 spiro atoms. The summed E-state index contributed by atoms with van der Waals surface area (Å²) in [6, 6.07) is 10.6. The summed E-state index contributed by atoms with van der Waals surface area (Å²) in [4.78, 5) is 4.34. The van der Waals surface area contributed by atoms with Crippen LogP contribution in [0.25, 0.3) is 22.8 Å². The molecule has 0 radical (unpaired) electrons. The molecular weight excluding hydrogens is 445 g/mol. The van der Waals surface area contributed by atoms with E-state index in [1.807, 2.05) is 6.92 Å². The van der Waals surface area contributed by atoms with Crippen molar-refractivity contribution in [2.24, 2.45) is 0 Å². The van der Waals surface area contributed by atoms with Crippen LogP contribution >= 0.6 is 11.8 Å². The van der Waals surface area contributed by atoms with E-state index in [1.165, 1.54) is 34.6 Å². The van der Waals surface area contributed by atoms with Crippen LogP contribution in [-0.4, -0.2) is 31.6 Å². The second kappa shape index (κ2) is 8.91. The van der Waals surface area contributed by atoms with Crippen molar-refractivity contribution in [3.05, 3.63) is 59.7 Å². The number of hydrogen-bond acceptors (Lipinski definition) is 8. The lowest BCUT2D eigenvalue weighted by atomic mass is 10.1. The Morgan fingerprint density at radius 3 is 2.50 bits per heavy atom. The average molecular weight is 462 g/mol. The largest absolute Gasteiger partial charge is 0.435 e. The summed E-state index contributed by atoms with van der Waals surface area (Å²) in [6.07, 6.45) is 0. The van der Waals surface area contributed by atoms with E-state index < -0.39 is 6.61 Å². The van der Waals surface area contributed by atoms with Crippen LogP contribution in [0.5, 0.6) is 5.75 Å². The van der Waals surface area contributed by atoms with Gasteiger partial charge in [0.2, 0.25) is 16.9 Å². The summed E-state index contributed by atoms with van der Waals surface area (Å²) in [5.74, 6) is 6.71. The Morgan fingerprint density at radius 1 is 1.09 bits per heavy atom. The van der Waals surface area contributed by atoms with Gasteiger partial charge in [-0.1, -0.05) is 29.1 Å². The van der Waals surface area contributed by atoms with Crippen LogP contribution in [0.2, 0.25) is 0 Å². The van der Waals surface area contributed by atoms with Crippen LogP contribution in [0.15, 0.2) is 52.1 Å². The van der Waals surface area contributed by atoms with Crippen molar-refractivity contribution in [1.82, 2.24) is 25.0 Å². The van der Waals surface area contributed by atoms with Crippen LogP contribution in [-0.2, 0) is 0 Å². The maximum Gasteiger partial charge on any atom is 0.387 e. The van der Waals surface area contributed by atoms with Gasteiger partial charge in [0.25, 0.3) is 0 Å². The van der Waals surface area contributed by atoms with Gasteiger partial charge in [-0.2, -0.15) is 13.8 Å². The lowest BCUT2D eigenvalue weighted by molar-refractivity contribution is -0.0498. The number of alkyl halides is 2. The van der Waals surface area contributed by atoms with Gasteiger partial charge in [-0.15, -0.1) is 10.2 Å². The first-order valence-corrected chi connectivity index (χ1v) is 10.2. The van der Waals surface area contributed by atoms with Gasteiger partial charge < -0.3 is 15.1 Å². The molecule has 0 bridgehead atoms. The highest BCUT2D eigenvalue weighted by molar-refractivity contribution is 7.99. The SMILES string of the molecule is Cc1ccc(-c2noc([C@H](C)Sc3nnc(-c4ccc(OC(F)F)cc4)n3N)n2)cc1F. The molecule has 4 rings (SSSR count). The number of nitrogens with zero attached hydrogens (tertiary/aromatic N) is 5. The predicted octanol–water partition coefficient (Wildman–Crippen LogP) is 4.61. The van der Waals surface area contributed by atoms with Crippen molar-refractivity contribution in [3.63, 3.8) is 0 Å². The minimum atomic E-state index is -2.90. The van der Waals surface area contributed by atoms with Gasteiger partial charge in [0, 0.05) is 11.1 Å². The molecule has 0 saturated carbocycles. The highest BCUT2D eigenvalue weighted by atomic mass is 32.2. The molecule has 166 valence electrons. The molecule has 0 fully saturated rings. The number of aromatic nitrogens is 5. The fraction of sp³-hybridized carbons (Fsp3) is 0.200. The molecule has 0 aliphatic heterocycles. The minimum Gasteiger partial charge on any atom is -0.435 e. The number of hydrogen-bond donors (Lipinski definition) is 1. The van der Waals surface area contributed by atoms with Crippen LogP contribution < -0.4 is 10.6 Å². The zero-order valence-electron chi connectivity index (χ0n) is 16.9. The van der Waals surface area contributed by atoms with Gasteiger partial charge in [-0.25, -0.2) is 9.07 Å². The van der Waals surface area contributed by atoms with Crippen molar-refractivity contribution in [1.29, 1.82) is 0 Å². The molecule has 1 atom stereocenters. The maximum absolute atomic E-state index is 13.8. The number of thioether (sulfide) groups is 1. The molecule has 8 nitrogen and oxygen atoms in total. The molecule has 0 unspecified atom stereocenters. The maximum atomic E-state index is 13.8. The van der Waals surface area contributed by atoms with Gasteiger partial charge in [0.15, 0.2) is 5.82 Å². The normalized spacial score (nSPS) is 12.3. The summed E-state index contributed by atoms with van der Waals surface area (Å²) >= 11 is 1.23. The third-order valence-electron chi connectivity index (χ3n) is 4.50. The summed E-state index contributed by atoms with van der Waals surface area (Å²) in [6.45, 7) is 0.587. The number of rotatable bonds is 7. The molecule has 4 aromatic rings. The lowest BCUT2D eigenvalue weighted by Gasteiger charge is -2.07. The van der Waals surface area contributed by atoms with E-state index in [2.05, 4.69) is 25.1 Å². The Bertz CT molecular complexity index is 1230. The Kier molecular flexibility index (Phi) is 6.04. The standard InChI is InChI=1S/C20H17F3N6O2S/c1-10-3-4-13(9-15(10)21)16-25-18(31-28-16)11(2)32-20-27-26-17(29(20)24)12-5-7-14(8-6-12)30-19(22)23/h3-9,11,19H,24H2,1-2H3/t11-/m0/s1. The highest BCUT2D eigenvalue weighted by Gasteiger charge is 2.21. The van der Waals surface area contributed by atoms with E-state index in [0.717, 1.165) is 0 Å². The molecule has 0 aliphatic rings. The van der Waals surface area contributed by atoms with Crippen molar-refractivity contribution < 1.29 is 22.4 Å². The average Bonchev–Trinajstić information content (AvgIpc) is 3.38. The molecule has 2 aromatic carbocycles. The zero-order valence-corrected chi connectivity index (χ0v) is 17.7. The molecule has 0 amide bonds. The van der Waals surface area contributed by atoms with E-state index in [0.29, 0.717) is 33.6 Å². The molecular formula is C20H17F3N6O2S. The quantitative estimate of drug-likeness (QED) is 0.314. The number of nitrogen functional groups attached to an aromatic ring is 1. The first-order chi connectivity index (χ1) is 15.3. The molecule has 0 saturated heterocycles. The molecule has 2 heterocycles. The second-order valence-corrected chi connectivity index (χ2v) is 8.07. The number of ether oxygens (including phenoxy) is 1. The summed E-state index contributed by atoms with van der Waals surface area (Å²) < 4.78 is 49.3. The monoisotopic (exact) mass is 462 g/mol. The van der Waals surface area contributed by atoms with Crippen LogP contribution in [0, 0.1) is 12.7 Å². The number of nitrogens with two attached hydrogens (primary N) is 1. The fourth-order valence-corrected chi connectivity index (χ4v) is 3.60. The zero-order chi connectivity index (χ0) is 22.8. The van der Waals surface area contributed by atoms with E-state index in [-0.39, 0.29) is 22.6 Å². The van der Waals surface area contributed by atoms with E-state index in [9.17, 15) is 13.2 Å². The molecule has 2 aromatic heterocycles. The first kappa shape index (κ1) is 21.7. The number of benzene rings is 2. The van der Waals surface area contributed by atoms with E-state index >= 15 is 0 Å². The molecule has 0 aliphatic carbocycles. The minimum absolute atomic E-state index is 0.0238.